The van der Waals surface area contributed by atoms with E-state index in [1.165, 1.54) is 4.31 Å². The van der Waals surface area contributed by atoms with Gasteiger partial charge in [-0.05, 0) is 75.1 Å². The van der Waals surface area contributed by atoms with Crippen LogP contribution < -0.4 is 0 Å². The molecule has 2 aromatic rings. The summed E-state index contributed by atoms with van der Waals surface area (Å²) in [5, 5.41) is 9.66. The van der Waals surface area contributed by atoms with E-state index >= 15 is 0 Å². The van der Waals surface area contributed by atoms with Crippen molar-refractivity contribution in [3.8, 4) is 6.07 Å². The summed E-state index contributed by atoms with van der Waals surface area (Å²) in [7, 11) is -3.62. The predicted molar refractivity (Wildman–Crippen MR) is 129 cm³/mol. The first-order chi connectivity index (χ1) is 15.6. The number of hydrogen-bond acceptors (Lipinski definition) is 4. The maximum atomic E-state index is 13.0. The predicted octanol–water partition coefficient (Wildman–Crippen LogP) is 3.57. The Morgan fingerprint density at radius 3 is 2.30 bits per heavy atom. The van der Waals surface area contributed by atoms with Crippen LogP contribution in [0.25, 0.3) is 6.08 Å². The van der Waals surface area contributed by atoms with Gasteiger partial charge in [-0.25, -0.2) is 8.42 Å². The molecule has 3 rings (SSSR count). The van der Waals surface area contributed by atoms with Crippen LogP contribution in [0, 0.1) is 39.0 Å². The van der Waals surface area contributed by atoms with Gasteiger partial charge in [-0.1, -0.05) is 13.0 Å². The van der Waals surface area contributed by atoms with Crippen LogP contribution in [0.1, 0.15) is 41.4 Å². The largest absolute Gasteiger partial charge is 0.349 e. The minimum atomic E-state index is -3.62. The number of aromatic nitrogens is 1. The van der Waals surface area contributed by atoms with E-state index in [2.05, 4.69) is 11.5 Å². The van der Waals surface area contributed by atoms with Gasteiger partial charge in [-0.3, -0.25) is 4.79 Å². The van der Waals surface area contributed by atoms with Crippen LogP contribution in [0.4, 0.5) is 0 Å². The Morgan fingerprint density at radius 1 is 1.06 bits per heavy atom. The van der Waals surface area contributed by atoms with Crippen LogP contribution in [-0.4, -0.2) is 54.3 Å². The Morgan fingerprint density at radius 2 is 1.73 bits per heavy atom. The molecule has 33 heavy (non-hydrogen) atoms. The lowest BCUT2D eigenvalue weighted by Crippen LogP contribution is -2.50. The van der Waals surface area contributed by atoms with Crippen molar-refractivity contribution in [2.24, 2.45) is 0 Å². The van der Waals surface area contributed by atoms with E-state index < -0.39 is 10.0 Å². The first-order valence-electron chi connectivity index (χ1n) is 11.2. The number of benzene rings is 1. The number of piperazine rings is 1. The van der Waals surface area contributed by atoms with Crippen molar-refractivity contribution < 1.29 is 13.2 Å². The maximum absolute atomic E-state index is 13.0. The number of amides is 1. The van der Waals surface area contributed by atoms with Crippen LogP contribution in [-0.2, 0) is 21.4 Å². The lowest BCUT2D eigenvalue weighted by Gasteiger charge is -2.34. The quantitative estimate of drug-likeness (QED) is 0.479. The molecule has 0 aliphatic carbocycles. The monoisotopic (exact) mass is 468 g/mol. The highest BCUT2D eigenvalue weighted by Gasteiger charge is 2.31. The van der Waals surface area contributed by atoms with Gasteiger partial charge in [-0.15, -0.1) is 0 Å². The molecule has 2 heterocycles. The highest BCUT2D eigenvalue weighted by atomic mass is 32.2. The van der Waals surface area contributed by atoms with Gasteiger partial charge in [-0.2, -0.15) is 9.57 Å². The Labute approximate surface area is 197 Å². The van der Waals surface area contributed by atoms with Crippen LogP contribution in [0.2, 0.25) is 0 Å². The average Bonchev–Trinajstić information content (AvgIpc) is 3.06. The maximum Gasteiger partial charge on any atom is 0.264 e. The molecule has 1 aliphatic heterocycles. The van der Waals surface area contributed by atoms with Crippen LogP contribution >= 0.6 is 0 Å². The number of rotatable bonds is 6. The topological polar surface area (TPSA) is 86.4 Å². The van der Waals surface area contributed by atoms with Gasteiger partial charge in [0, 0.05) is 44.1 Å². The highest BCUT2D eigenvalue weighted by molar-refractivity contribution is 7.89. The second-order valence-corrected chi connectivity index (χ2v) is 10.5. The normalized spacial score (nSPS) is 15.5. The summed E-state index contributed by atoms with van der Waals surface area (Å²) >= 11 is 0. The van der Waals surface area contributed by atoms with Crippen molar-refractivity contribution in [2.45, 2.75) is 52.5 Å². The minimum absolute atomic E-state index is 0.0669. The van der Waals surface area contributed by atoms with Crippen LogP contribution in [0.5, 0.6) is 0 Å². The van der Waals surface area contributed by atoms with Crippen molar-refractivity contribution >= 4 is 22.0 Å². The smallest absolute Gasteiger partial charge is 0.264 e. The molecular formula is C25H32N4O3S. The van der Waals surface area contributed by atoms with Crippen LogP contribution in [0.3, 0.4) is 0 Å². The van der Waals surface area contributed by atoms with Crippen molar-refractivity contribution in [3.63, 3.8) is 0 Å². The number of nitriles is 1. The fourth-order valence-electron chi connectivity index (χ4n) is 4.16. The molecular weight excluding hydrogens is 436 g/mol. The number of hydrogen-bond donors (Lipinski definition) is 0. The summed E-state index contributed by atoms with van der Waals surface area (Å²) < 4.78 is 29.7. The Hall–Kier alpha value is -2.89. The standard InChI is InChI=1S/C25H32N4O3S/c1-6-9-29-20(4)15-22(21(29)5)16-23(17-26)25(30)27-10-12-28(13-11-27)33(31,32)24-8-7-18(2)19(3)14-24/h7-8,14-16H,6,9-13H2,1-5H3/b23-16+. The number of carbonyl (C=O) groups is 1. The van der Waals surface area contributed by atoms with Gasteiger partial charge in [0.1, 0.15) is 11.6 Å². The van der Waals surface area contributed by atoms with Gasteiger partial charge < -0.3 is 9.47 Å². The van der Waals surface area contributed by atoms with Crippen LogP contribution in [0.15, 0.2) is 34.7 Å². The summed E-state index contributed by atoms with van der Waals surface area (Å²) in [6.07, 6.45) is 2.65. The zero-order chi connectivity index (χ0) is 24.3. The summed E-state index contributed by atoms with van der Waals surface area (Å²) in [4.78, 5) is 14.9. The molecule has 1 aromatic heterocycles. The van der Waals surface area contributed by atoms with E-state index in [-0.39, 0.29) is 42.6 Å². The molecule has 0 saturated carbocycles. The molecule has 0 atom stereocenters. The molecule has 7 nitrogen and oxygen atoms in total. The third-order valence-electron chi connectivity index (χ3n) is 6.35. The molecule has 1 aromatic carbocycles. The number of sulfonamides is 1. The summed E-state index contributed by atoms with van der Waals surface area (Å²) in [6.45, 7) is 11.7. The molecule has 8 heteroatoms. The second kappa shape index (κ2) is 9.94. The van der Waals surface area contributed by atoms with Gasteiger partial charge in [0.05, 0.1) is 4.90 Å². The number of carbonyl (C=O) groups excluding carboxylic acids is 1. The van der Waals surface area contributed by atoms with Gasteiger partial charge >= 0.3 is 0 Å². The lowest BCUT2D eigenvalue weighted by atomic mass is 10.1. The summed E-state index contributed by atoms with van der Waals surface area (Å²) in [5.74, 6) is -0.360. The zero-order valence-corrected chi connectivity index (χ0v) is 20.9. The average molecular weight is 469 g/mol. The second-order valence-electron chi connectivity index (χ2n) is 8.59. The molecule has 1 saturated heterocycles. The Bertz CT molecular complexity index is 1230. The fourth-order valence-corrected chi connectivity index (χ4v) is 5.67. The molecule has 1 aliphatic rings. The van der Waals surface area contributed by atoms with Gasteiger partial charge in [0.25, 0.3) is 5.91 Å². The fraction of sp³-hybridized carbons (Fsp3) is 0.440. The van der Waals surface area contributed by atoms with E-state index in [0.717, 1.165) is 41.0 Å². The molecule has 0 bridgehead atoms. The first-order valence-corrected chi connectivity index (χ1v) is 12.7. The molecule has 1 fully saturated rings. The Balaban J connectivity index is 1.74. The molecule has 176 valence electrons. The molecule has 0 unspecified atom stereocenters. The van der Waals surface area contributed by atoms with Gasteiger partial charge in [0.15, 0.2) is 0 Å². The van der Waals surface area contributed by atoms with E-state index in [1.54, 1.807) is 23.1 Å². The SMILES string of the molecule is CCCn1c(C)cc(/C=C(\C#N)C(=O)N2CCN(S(=O)(=O)c3ccc(C)c(C)c3)CC2)c1C. The zero-order valence-electron chi connectivity index (χ0n) is 20.1. The number of aryl methyl sites for hydroxylation is 3. The third kappa shape index (κ3) is 5.05. The molecule has 1 amide bonds. The molecule has 0 spiro atoms. The minimum Gasteiger partial charge on any atom is -0.349 e. The summed E-state index contributed by atoms with van der Waals surface area (Å²) in [6, 6.07) is 9.16. The highest BCUT2D eigenvalue weighted by Crippen LogP contribution is 2.22. The number of nitrogens with zero attached hydrogens (tertiary/aromatic N) is 4. The first kappa shape index (κ1) is 24.7. The van der Waals surface area contributed by atoms with Gasteiger partial charge in [0.2, 0.25) is 10.0 Å². The summed E-state index contributed by atoms with van der Waals surface area (Å²) in [5.41, 5.74) is 5.01. The van der Waals surface area contributed by atoms with E-state index in [9.17, 15) is 18.5 Å². The van der Waals surface area contributed by atoms with E-state index in [0.29, 0.717) is 0 Å². The molecule has 0 radical (unpaired) electrons. The van der Waals surface area contributed by atoms with Crippen molar-refractivity contribution in [1.82, 2.24) is 13.8 Å². The molecule has 0 N–H and O–H groups in total. The van der Waals surface area contributed by atoms with Crippen molar-refractivity contribution in [2.75, 3.05) is 26.2 Å². The third-order valence-corrected chi connectivity index (χ3v) is 8.25. The van der Waals surface area contributed by atoms with Crippen molar-refractivity contribution in [1.29, 1.82) is 5.26 Å². The van der Waals surface area contributed by atoms with E-state index in [4.69, 9.17) is 0 Å². The van der Waals surface area contributed by atoms with Crippen molar-refractivity contribution in [3.05, 3.63) is 57.9 Å². The lowest BCUT2D eigenvalue weighted by molar-refractivity contribution is -0.127. The van der Waals surface area contributed by atoms with E-state index in [1.807, 2.05) is 45.9 Å². The Kier molecular flexibility index (Phi) is 7.45.